The van der Waals surface area contributed by atoms with Crippen molar-refractivity contribution in [2.24, 2.45) is 0 Å². The average Bonchev–Trinajstić information content (AvgIpc) is 3.49. The van der Waals surface area contributed by atoms with Crippen LogP contribution in [0, 0.1) is 5.82 Å². The Labute approximate surface area is 233 Å². The van der Waals surface area contributed by atoms with E-state index in [1.54, 1.807) is 24.3 Å². The Morgan fingerprint density at radius 2 is 1.68 bits per heavy atom. The molecule has 1 aromatic heterocycles. The molecule has 4 aromatic rings. The summed E-state index contributed by atoms with van der Waals surface area (Å²) in [6.07, 6.45) is 0. The molecule has 0 radical (unpaired) electrons. The van der Waals surface area contributed by atoms with Crippen LogP contribution in [0.1, 0.15) is 24.1 Å². The number of amides is 1. The quantitative estimate of drug-likeness (QED) is 0.170. The van der Waals surface area contributed by atoms with Gasteiger partial charge in [-0.15, -0.1) is 0 Å². The molecule has 1 amide bonds. The lowest BCUT2D eigenvalue weighted by Gasteiger charge is -2.24. The molecule has 2 heterocycles. The molecule has 11 heteroatoms. The van der Waals surface area contributed by atoms with E-state index >= 15 is 0 Å². The maximum atomic E-state index is 13.6. The van der Waals surface area contributed by atoms with Crippen LogP contribution in [0.15, 0.2) is 60.2 Å². The Balaban J connectivity index is 1.75. The molecule has 1 N–H and O–H groups in total. The molecule has 0 bridgehead atoms. The molecule has 1 atom stereocenters. The van der Waals surface area contributed by atoms with Gasteiger partial charge < -0.3 is 24.1 Å². The minimum Gasteiger partial charge on any atom is -0.507 e. The van der Waals surface area contributed by atoms with E-state index in [2.05, 4.69) is 4.98 Å². The second-order valence-electron chi connectivity index (χ2n) is 8.69. The number of methoxy groups -OCH3 is 3. The largest absolute Gasteiger partial charge is 0.507 e. The minimum atomic E-state index is -1.12. The predicted molar refractivity (Wildman–Crippen MR) is 148 cm³/mol. The molecular weight excluding hydrogens is 539 g/mol. The molecule has 40 heavy (non-hydrogen) atoms. The summed E-state index contributed by atoms with van der Waals surface area (Å²) in [6, 6.07) is 12.4. The van der Waals surface area contributed by atoms with Gasteiger partial charge in [-0.3, -0.25) is 14.5 Å². The average molecular weight is 565 g/mol. The van der Waals surface area contributed by atoms with Crippen molar-refractivity contribution in [2.45, 2.75) is 13.0 Å². The van der Waals surface area contributed by atoms with Crippen LogP contribution in [0.25, 0.3) is 16.0 Å². The van der Waals surface area contributed by atoms with E-state index in [9.17, 15) is 19.1 Å². The number of halogens is 1. The maximum Gasteiger partial charge on any atom is 0.301 e. The summed E-state index contributed by atoms with van der Waals surface area (Å²) in [5.41, 5.74) is 0.974. The van der Waals surface area contributed by atoms with E-state index in [-0.39, 0.29) is 27.8 Å². The third kappa shape index (κ3) is 4.58. The van der Waals surface area contributed by atoms with Crippen molar-refractivity contribution in [1.29, 1.82) is 0 Å². The van der Waals surface area contributed by atoms with Crippen LogP contribution in [0.5, 0.6) is 23.0 Å². The Morgan fingerprint density at radius 1 is 1.00 bits per heavy atom. The number of aromatic nitrogens is 1. The fraction of sp³-hybridized carbons (Fsp3) is 0.207. The van der Waals surface area contributed by atoms with E-state index in [0.717, 1.165) is 16.8 Å². The molecule has 1 aliphatic rings. The Hall–Kier alpha value is -4.64. The molecule has 9 nitrogen and oxygen atoms in total. The first-order chi connectivity index (χ1) is 19.3. The number of fused-ring (bicyclic) bond motifs is 1. The normalized spacial score (nSPS) is 16.4. The second kappa shape index (κ2) is 10.9. The number of ether oxygens (including phenoxy) is 4. The number of aliphatic hydroxyl groups is 1. The summed E-state index contributed by atoms with van der Waals surface area (Å²) < 4.78 is 36.4. The number of carbonyl (C=O) groups is 2. The van der Waals surface area contributed by atoms with Gasteiger partial charge in [-0.25, -0.2) is 9.37 Å². The second-order valence-corrected chi connectivity index (χ2v) is 9.70. The summed E-state index contributed by atoms with van der Waals surface area (Å²) in [5.74, 6) is -1.25. The van der Waals surface area contributed by atoms with Crippen LogP contribution in [0.4, 0.5) is 9.52 Å². The number of aliphatic hydroxyl groups excluding tert-OH is 1. The molecular formula is C29H25FN2O7S. The zero-order chi connectivity index (χ0) is 28.6. The van der Waals surface area contributed by atoms with Crippen LogP contribution < -0.4 is 23.8 Å². The number of rotatable bonds is 8. The highest BCUT2D eigenvalue weighted by Crippen LogP contribution is 2.48. The van der Waals surface area contributed by atoms with Gasteiger partial charge in [-0.1, -0.05) is 11.3 Å². The third-order valence-corrected chi connectivity index (χ3v) is 7.45. The van der Waals surface area contributed by atoms with Crippen molar-refractivity contribution in [3.05, 3.63) is 77.1 Å². The molecule has 1 unspecified atom stereocenters. The molecule has 1 fully saturated rings. The van der Waals surface area contributed by atoms with Gasteiger partial charge in [-0.05, 0) is 67.1 Å². The topological polar surface area (TPSA) is 107 Å². The third-order valence-electron chi connectivity index (χ3n) is 6.43. The van der Waals surface area contributed by atoms with Gasteiger partial charge in [-0.2, -0.15) is 0 Å². The zero-order valence-electron chi connectivity index (χ0n) is 22.1. The first-order valence-electron chi connectivity index (χ1n) is 12.2. The monoisotopic (exact) mass is 564 g/mol. The summed E-state index contributed by atoms with van der Waals surface area (Å²) in [7, 11) is 4.35. The number of anilines is 1. The highest BCUT2D eigenvalue weighted by Gasteiger charge is 2.48. The van der Waals surface area contributed by atoms with Crippen molar-refractivity contribution < 1.29 is 38.0 Å². The Kier molecular flexibility index (Phi) is 7.31. The van der Waals surface area contributed by atoms with Crippen LogP contribution in [-0.2, 0) is 9.59 Å². The molecule has 3 aromatic carbocycles. The van der Waals surface area contributed by atoms with Gasteiger partial charge in [0.25, 0.3) is 5.78 Å². The molecule has 206 valence electrons. The smallest absolute Gasteiger partial charge is 0.301 e. The highest BCUT2D eigenvalue weighted by atomic mass is 32.1. The van der Waals surface area contributed by atoms with Crippen LogP contribution in [0.3, 0.4) is 0 Å². The predicted octanol–water partition coefficient (Wildman–Crippen LogP) is 5.49. The number of Topliss-reactive ketones (excluding diaryl/α,β-unsaturated/α-hetero) is 1. The molecule has 1 saturated heterocycles. The Morgan fingerprint density at radius 3 is 2.27 bits per heavy atom. The van der Waals surface area contributed by atoms with Gasteiger partial charge in [0.15, 0.2) is 16.6 Å². The van der Waals surface area contributed by atoms with E-state index in [4.69, 9.17) is 18.9 Å². The van der Waals surface area contributed by atoms with Crippen molar-refractivity contribution in [1.82, 2.24) is 4.98 Å². The van der Waals surface area contributed by atoms with E-state index in [1.165, 1.54) is 49.7 Å². The Bertz CT molecular complexity index is 1620. The van der Waals surface area contributed by atoms with Crippen molar-refractivity contribution >= 4 is 44.1 Å². The number of carbonyl (C=O) groups excluding carboxylic acids is 2. The summed E-state index contributed by atoms with van der Waals surface area (Å²) in [4.78, 5) is 33.0. The molecule has 1 aliphatic heterocycles. The van der Waals surface area contributed by atoms with Gasteiger partial charge in [0.1, 0.15) is 17.3 Å². The zero-order valence-corrected chi connectivity index (χ0v) is 22.9. The van der Waals surface area contributed by atoms with Crippen LogP contribution >= 0.6 is 11.3 Å². The molecule has 0 aliphatic carbocycles. The first kappa shape index (κ1) is 26.9. The van der Waals surface area contributed by atoms with Crippen LogP contribution in [0.2, 0.25) is 0 Å². The van der Waals surface area contributed by atoms with Crippen LogP contribution in [-0.4, -0.2) is 49.7 Å². The molecule has 5 rings (SSSR count). The van der Waals surface area contributed by atoms with E-state index in [0.29, 0.717) is 29.2 Å². The number of hydrogen-bond acceptors (Lipinski definition) is 9. The number of benzene rings is 3. The standard InChI is InChI=1S/C29H25FN2O7S/c1-5-39-18-10-11-19-22(14-18)40-29(31-19)32-24(16-12-20(36-2)27(38-4)21(13-16)37-3)23(26(34)28(32)35)25(33)15-6-8-17(30)9-7-15/h6-14,24,33H,5H2,1-4H3. The lowest BCUT2D eigenvalue weighted by molar-refractivity contribution is -0.132. The lowest BCUT2D eigenvalue weighted by Crippen LogP contribution is -2.29. The van der Waals surface area contributed by atoms with Crippen molar-refractivity contribution in [2.75, 3.05) is 32.8 Å². The van der Waals surface area contributed by atoms with Crippen molar-refractivity contribution in [3.8, 4) is 23.0 Å². The lowest BCUT2D eigenvalue weighted by atomic mass is 9.94. The maximum absolute atomic E-state index is 13.6. The van der Waals surface area contributed by atoms with Gasteiger partial charge in [0.05, 0.1) is 49.8 Å². The number of ketones is 1. The van der Waals surface area contributed by atoms with E-state index in [1.807, 2.05) is 13.0 Å². The number of hydrogen-bond donors (Lipinski definition) is 1. The SMILES string of the molecule is CCOc1ccc2nc(N3C(=O)C(=O)C(=C(O)c4ccc(F)cc4)C3c3cc(OC)c(OC)c(OC)c3)sc2c1. The molecule has 0 saturated carbocycles. The summed E-state index contributed by atoms with van der Waals surface area (Å²) in [6.45, 7) is 2.36. The number of nitrogens with zero attached hydrogens (tertiary/aromatic N) is 2. The van der Waals surface area contributed by atoms with E-state index < -0.39 is 29.3 Å². The van der Waals surface area contributed by atoms with Gasteiger partial charge in [0, 0.05) is 5.56 Å². The summed E-state index contributed by atoms with van der Waals surface area (Å²) >= 11 is 1.20. The highest BCUT2D eigenvalue weighted by molar-refractivity contribution is 7.22. The minimum absolute atomic E-state index is 0.169. The summed E-state index contributed by atoms with van der Waals surface area (Å²) in [5, 5.41) is 11.6. The first-order valence-corrected chi connectivity index (χ1v) is 13.0. The van der Waals surface area contributed by atoms with Gasteiger partial charge >= 0.3 is 5.91 Å². The fourth-order valence-electron chi connectivity index (χ4n) is 4.62. The van der Waals surface area contributed by atoms with Crippen molar-refractivity contribution in [3.63, 3.8) is 0 Å². The van der Waals surface area contributed by atoms with Gasteiger partial charge in [0.2, 0.25) is 5.75 Å². The molecule has 0 spiro atoms. The fourth-order valence-corrected chi connectivity index (χ4v) is 5.64. The number of thiazole rings is 1.